The molecule has 0 aliphatic heterocycles. The van der Waals surface area contributed by atoms with Crippen LogP contribution in [0.15, 0.2) is 12.4 Å². The lowest BCUT2D eigenvalue weighted by atomic mass is 10.3. The number of aromatic nitrogens is 2. The number of aliphatic hydroxyl groups is 1. The summed E-state index contributed by atoms with van der Waals surface area (Å²) >= 11 is 0. The van der Waals surface area contributed by atoms with E-state index in [1.807, 2.05) is 24.0 Å². The second-order valence-corrected chi connectivity index (χ2v) is 3.42. The molecule has 86 valence electrons. The number of methoxy groups -OCH3 is 1. The summed E-state index contributed by atoms with van der Waals surface area (Å²) in [5.41, 5.74) is 1.12. The van der Waals surface area contributed by atoms with E-state index in [-0.39, 0.29) is 12.6 Å². The van der Waals surface area contributed by atoms with Crippen LogP contribution in [-0.4, -0.2) is 41.3 Å². The Bertz CT molecular complexity index is 275. The molecule has 1 unspecified atom stereocenters. The molecule has 0 bridgehead atoms. The number of hydrogen-bond acceptors (Lipinski definition) is 4. The minimum atomic E-state index is -0.0139. The second kappa shape index (κ2) is 6.55. The van der Waals surface area contributed by atoms with Gasteiger partial charge in [-0.15, -0.1) is 0 Å². The highest BCUT2D eigenvalue weighted by atomic mass is 16.5. The lowest BCUT2D eigenvalue weighted by molar-refractivity contribution is 0.128. The van der Waals surface area contributed by atoms with Crippen LogP contribution in [-0.2, 0) is 17.8 Å². The third-order valence-electron chi connectivity index (χ3n) is 2.19. The van der Waals surface area contributed by atoms with Gasteiger partial charge in [-0.25, -0.2) is 0 Å². The lowest BCUT2D eigenvalue weighted by Gasteiger charge is -2.14. The van der Waals surface area contributed by atoms with Crippen molar-refractivity contribution in [2.75, 3.05) is 20.3 Å². The molecule has 2 N–H and O–H groups in total. The van der Waals surface area contributed by atoms with Crippen molar-refractivity contribution >= 4 is 0 Å². The van der Waals surface area contributed by atoms with E-state index < -0.39 is 0 Å². The maximum Gasteiger partial charge on any atom is 0.0638 e. The molecule has 0 aliphatic carbocycles. The Balaban J connectivity index is 2.34. The molecule has 0 radical (unpaired) electrons. The average molecular weight is 213 g/mol. The zero-order valence-corrected chi connectivity index (χ0v) is 9.31. The fraction of sp³-hybridized carbons (Fsp3) is 0.700. The predicted octanol–water partition coefficient (Wildman–Crippen LogP) is -0.0001000. The summed E-state index contributed by atoms with van der Waals surface area (Å²) in [6.45, 7) is 4.22. The van der Waals surface area contributed by atoms with E-state index in [9.17, 15) is 0 Å². The van der Waals surface area contributed by atoms with Crippen LogP contribution in [0.1, 0.15) is 12.5 Å². The van der Waals surface area contributed by atoms with Gasteiger partial charge >= 0.3 is 0 Å². The zero-order valence-electron chi connectivity index (χ0n) is 9.31. The van der Waals surface area contributed by atoms with Gasteiger partial charge < -0.3 is 15.2 Å². The molecule has 5 nitrogen and oxygen atoms in total. The Morgan fingerprint density at radius 2 is 2.47 bits per heavy atom. The van der Waals surface area contributed by atoms with Crippen LogP contribution in [0, 0.1) is 0 Å². The van der Waals surface area contributed by atoms with Crippen molar-refractivity contribution in [3.63, 3.8) is 0 Å². The number of hydrogen-bond donors (Lipinski definition) is 2. The molecule has 1 aromatic heterocycles. The SMILES string of the molecule is CCn1cc(CNC(CO)COC)cn1. The first-order valence-electron chi connectivity index (χ1n) is 5.14. The maximum atomic E-state index is 9.02. The van der Waals surface area contributed by atoms with Gasteiger partial charge in [-0.05, 0) is 6.92 Å². The number of aryl methyl sites for hydroxylation is 1. The average Bonchev–Trinajstić information content (AvgIpc) is 2.72. The topological polar surface area (TPSA) is 59.3 Å². The highest BCUT2D eigenvalue weighted by Crippen LogP contribution is 1.98. The summed E-state index contributed by atoms with van der Waals surface area (Å²) in [6, 6.07) is -0.0139. The normalized spacial score (nSPS) is 13.0. The molecule has 15 heavy (non-hydrogen) atoms. The Morgan fingerprint density at radius 3 is 3.00 bits per heavy atom. The smallest absolute Gasteiger partial charge is 0.0638 e. The Hall–Kier alpha value is -0.910. The monoisotopic (exact) mass is 213 g/mol. The molecule has 0 saturated heterocycles. The summed E-state index contributed by atoms with van der Waals surface area (Å²) in [6.07, 6.45) is 3.83. The van der Waals surface area contributed by atoms with Gasteiger partial charge in [0.05, 0.1) is 25.5 Å². The van der Waals surface area contributed by atoms with E-state index in [4.69, 9.17) is 9.84 Å². The molecule has 5 heteroatoms. The summed E-state index contributed by atoms with van der Waals surface area (Å²) in [5.74, 6) is 0. The summed E-state index contributed by atoms with van der Waals surface area (Å²) < 4.78 is 6.84. The minimum Gasteiger partial charge on any atom is -0.395 e. The summed E-state index contributed by atoms with van der Waals surface area (Å²) in [4.78, 5) is 0. The van der Waals surface area contributed by atoms with Gasteiger partial charge in [-0.1, -0.05) is 0 Å². The van der Waals surface area contributed by atoms with E-state index in [2.05, 4.69) is 10.4 Å². The minimum absolute atomic E-state index is 0.0139. The number of aliphatic hydroxyl groups excluding tert-OH is 1. The third kappa shape index (κ3) is 3.99. The van der Waals surface area contributed by atoms with E-state index in [0.717, 1.165) is 12.1 Å². The molecule has 1 aromatic rings. The molecular weight excluding hydrogens is 194 g/mol. The van der Waals surface area contributed by atoms with E-state index in [0.29, 0.717) is 13.2 Å². The van der Waals surface area contributed by atoms with Gasteiger partial charge in [0.2, 0.25) is 0 Å². The Morgan fingerprint density at radius 1 is 1.67 bits per heavy atom. The molecular formula is C10H19N3O2. The van der Waals surface area contributed by atoms with Crippen LogP contribution in [0.5, 0.6) is 0 Å². The molecule has 0 saturated carbocycles. The first-order valence-corrected chi connectivity index (χ1v) is 5.14. The van der Waals surface area contributed by atoms with E-state index >= 15 is 0 Å². The maximum absolute atomic E-state index is 9.02. The summed E-state index contributed by atoms with van der Waals surface area (Å²) in [5, 5.41) is 16.4. The van der Waals surface area contributed by atoms with Crippen molar-refractivity contribution in [3.8, 4) is 0 Å². The van der Waals surface area contributed by atoms with Crippen molar-refractivity contribution in [2.24, 2.45) is 0 Å². The Labute approximate surface area is 90.1 Å². The van der Waals surface area contributed by atoms with Gasteiger partial charge in [-0.2, -0.15) is 5.10 Å². The molecule has 0 aromatic carbocycles. The zero-order chi connectivity index (χ0) is 11.1. The quantitative estimate of drug-likeness (QED) is 0.669. The number of nitrogens with zero attached hydrogens (tertiary/aromatic N) is 2. The van der Waals surface area contributed by atoms with Crippen molar-refractivity contribution < 1.29 is 9.84 Å². The first-order chi connectivity index (χ1) is 7.30. The van der Waals surface area contributed by atoms with Gasteiger partial charge in [0.15, 0.2) is 0 Å². The molecule has 0 amide bonds. The predicted molar refractivity (Wildman–Crippen MR) is 57.5 cm³/mol. The number of ether oxygens (including phenoxy) is 1. The van der Waals surface area contributed by atoms with Crippen LogP contribution in [0.2, 0.25) is 0 Å². The number of nitrogens with one attached hydrogen (secondary N) is 1. The van der Waals surface area contributed by atoms with Crippen molar-refractivity contribution in [1.29, 1.82) is 0 Å². The van der Waals surface area contributed by atoms with Gasteiger partial charge in [-0.3, -0.25) is 4.68 Å². The van der Waals surface area contributed by atoms with E-state index in [1.54, 1.807) is 7.11 Å². The molecule has 1 rings (SSSR count). The molecule has 1 atom stereocenters. The third-order valence-corrected chi connectivity index (χ3v) is 2.19. The highest BCUT2D eigenvalue weighted by Gasteiger charge is 2.06. The van der Waals surface area contributed by atoms with Crippen LogP contribution < -0.4 is 5.32 Å². The van der Waals surface area contributed by atoms with Gasteiger partial charge in [0.25, 0.3) is 0 Å². The van der Waals surface area contributed by atoms with Crippen molar-refractivity contribution in [3.05, 3.63) is 18.0 Å². The Kier molecular flexibility index (Phi) is 5.31. The number of rotatable bonds is 7. The largest absolute Gasteiger partial charge is 0.395 e. The van der Waals surface area contributed by atoms with Crippen molar-refractivity contribution in [1.82, 2.24) is 15.1 Å². The molecule has 0 fully saturated rings. The molecule has 0 aliphatic rings. The van der Waals surface area contributed by atoms with Crippen LogP contribution in [0.4, 0.5) is 0 Å². The molecule has 0 spiro atoms. The standard InChI is InChI=1S/C10H19N3O2/c1-3-13-6-9(5-12-13)4-11-10(7-14)8-15-2/h5-6,10-11,14H,3-4,7-8H2,1-2H3. The van der Waals surface area contributed by atoms with Crippen LogP contribution in [0.25, 0.3) is 0 Å². The highest BCUT2D eigenvalue weighted by molar-refractivity contribution is 5.03. The second-order valence-electron chi connectivity index (χ2n) is 3.42. The van der Waals surface area contributed by atoms with Gasteiger partial charge in [0.1, 0.15) is 0 Å². The van der Waals surface area contributed by atoms with Crippen LogP contribution in [0.3, 0.4) is 0 Å². The molecule has 1 heterocycles. The van der Waals surface area contributed by atoms with Gasteiger partial charge in [0, 0.05) is 32.0 Å². The summed E-state index contributed by atoms with van der Waals surface area (Å²) in [7, 11) is 1.62. The van der Waals surface area contributed by atoms with Crippen LogP contribution >= 0.6 is 0 Å². The van der Waals surface area contributed by atoms with Crippen molar-refractivity contribution in [2.45, 2.75) is 26.1 Å². The fourth-order valence-corrected chi connectivity index (χ4v) is 1.31. The first kappa shape index (κ1) is 12.2. The fourth-order valence-electron chi connectivity index (χ4n) is 1.31. The lowest BCUT2D eigenvalue weighted by Crippen LogP contribution is -2.35. The van der Waals surface area contributed by atoms with E-state index in [1.165, 1.54) is 0 Å².